The molecule has 1 aromatic heterocycles. The Hall–Kier alpha value is -2.03. The number of nitrogens with one attached hydrogen (secondary N) is 1. The maximum absolute atomic E-state index is 10.2. The van der Waals surface area contributed by atoms with Crippen molar-refractivity contribution in [2.75, 3.05) is 7.11 Å². The first kappa shape index (κ1) is 9.52. The average molecular weight is 201 g/mol. The van der Waals surface area contributed by atoms with E-state index >= 15 is 0 Å². The Morgan fingerprint density at radius 3 is 2.93 bits per heavy atom. The summed E-state index contributed by atoms with van der Waals surface area (Å²) in [4.78, 5) is 13.4. The number of fused-ring (bicyclic) bond motifs is 1. The van der Waals surface area contributed by atoms with E-state index in [9.17, 15) is 4.79 Å². The highest BCUT2D eigenvalue weighted by Gasteiger charge is 1.99. The number of aldehydes is 1. The third-order valence-corrected chi connectivity index (χ3v) is 2.20. The van der Waals surface area contributed by atoms with Crippen LogP contribution in [0.2, 0.25) is 0 Å². The number of aromatic amines is 1. The predicted molar refractivity (Wildman–Crippen MR) is 59.9 cm³/mol. The molecule has 0 spiro atoms. The number of hydrogen-bond acceptors (Lipinski definition) is 2. The number of benzene rings is 1. The first-order valence-electron chi connectivity index (χ1n) is 4.62. The van der Waals surface area contributed by atoms with E-state index in [0.29, 0.717) is 0 Å². The Kier molecular flexibility index (Phi) is 2.54. The second-order valence-corrected chi connectivity index (χ2v) is 3.17. The van der Waals surface area contributed by atoms with Crippen LogP contribution >= 0.6 is 0 Å². The first-order chi connectivity index (χ1) is 7.33. The summed E-state index contributed by atoms with van der Waals surface area (Å²) >= 11 is 0. The summed E-state index contributed by atoms with van der Waals surface area (Å²) < 4.78 is 5.12. The Morgan fingerprint density at radius 2 is 2.20 bits per heavy atom. The minimum Gasteiger partial charge on any atom is -0.497 e. The Balaban J connectivity index is 2.46. The number of H-pyrrole nitrogens is 1. The van der Waals surface area contributed by atoms with Crippen molar-refractivity contribution in [3.8, 4) is 5.75 Å². The van der Waals surface area contributed by atoms with Crippen LogP contribution in [-0.2, 0) is 4.79 Å². The predicted octanol–water partition coefficient (Wildman–Crippen LogP) is 2.39. The molecule has 0 saturated heterocycles. The van der Waals surface area contributed by atoms with Gasteiger partial charge in [0.25, 0.3) is 0 Å². The number of hydrogen-bond donors (Lipinski definition) is 1. The lowest BCUT2D eigenvalue weighted by molar-refractivity contribution is -0.104. The molecule has 0 aliphatic heterocycles. The average Bonchev–Trinajstić information content (AvgIpc) is 2.67. The van der Waals surface area contributed by atoms with Gasteiger partial charge in [-0.2, -0.15) is 0 Å². The van der Waals surface area contributed by atoms with Crippen LogP contribution in [0.25, 0.3) is 17.0 Å². The van der Waals surface area contributed by atoms with Crippen molar-refractivity contribution < 1.29 is 9.53 Å². The van der Waals surface area contributed by atoms with Gasteiger partial charge in [-0.1, -0.05) is 0 Å². The molecular formula is C12H11NO2. The SMILES string of the molecule is COc1ccc2[nH]c(/C=C/C=O)cc2c1. The second kappa shape index (κ2) is 4.00. The molecule has 1 N–H and O–H groups in total. The quantitative estimate of drug-likeness (QED) is 0.612. The number of ether oxygens (including phenoxy) is 1. The number of carbonyl (C=O) groups excluding carboxylic acids is 1. The van der Waals surface area contributed by atoms with Crippen LogP contribution in [0.5, 0.6) is 5.75 Å². The van der Waals surface area contributed by atoms with Gasteiger partial charge in [0, 0.05) is 16.6 Å². The Bertz CT molecular complexity index is 511. The van der Waals surface area contributed by atoms with E-state index in [2.05, 4.69) is 4.98 Å². The Morgan fingerprint density at radius 1 is 1.33 bits per heavy atom. The zero-order valence-electron chi connectivity index (χ0n) is 8.36. The lowest BCUT2D eigenvalue weighted by Crippen LogP contribution is -1.80. The second-order valence-electron chi connectivity index (χ2n) is 3.17. The molecule has 1 heterocycles. The molecule has 2 rings (SSSR count). The molecule has 2 aromatic rings. The maximum atomic E-state index is 10.2. The van der Waals surface area contributed by atoms with Crippen LogP contribution < -0.4 is 4.74 Å². The molecule has 0 aliphatic rings. The molecule has 0 atom stereocenters. The smallest absolute Gasteiger partial charge is 0.142 e. The number of aromatic nitrogens is 1. The molecular weight excluding hydrogens is 190 g/mol. The van der Waals surface area contributed by atoms with Crippen LogP contribution in [0.1, 0.15) is 5.69 Å². The maximum Gasteiger partial charge on any atom is 0.142 e. The minimum atomic E-state index is 0.756. The molecule has 76 valence electrons. The van der Waals surface area contributed by atoms with Crippen LogP contribution in [0.15, 0.2) is 30.3 Å². The van der Waals surface area contributed by atoms with Gasteiger partial charge < -0.3 is 9.72 Å². The zero-order chi connectivity index (χ0) is 10.7. The van der Waals surface area contributed by atoms with E-state index in [0.717, 1.165) is 28.6 Å². The van der Waals surface area contributed by atoms with E-state index in [1.165, 1.54) is 6.08 Å². The van der Waals surface area contributed by atoms with Crippen LogP contribution in [0.4, 0.5) is 0 Å². The van der Waals surface area contributed by atoms with Gasteiger partial charge in [0.2, 0.25) is 0 Å². The molecule has 0 amide bonds. The lowest BCUT2D eigenvalue weighted by Gasteiger charge is -1.97. The monoisotopic (exact) mass is 201 g/mol. The highest BCUT2D eigenvalue weighted by Crippen LogP contribution is 2.21. The summed E-state index contributed by atoms with van der Waals surface area (Å²) in [5.41, 5.74) is 1.94. The van der Waals surface area contributed by atoms with E-state index in [-0.39, 0.29) is 0 Å². The van der Waals surface area contributed by atoms with Crippen molar-refractivity contribution in [2.24, 2.45) is 0 Å². The normalized spacial score (nSPS) is 11.0. The highest BCUT2D eigenvalue weighted by atomic mass is 16.5. The van der Waals surface area contributed by atoms with E-state index < -0.39 is 0 Å². The molecule has 0 bridgehead atoms. The van der Waals surface area contributed by atoms with Crippen molar-refractivity contribution in [1.29, 1.82) is 0 Å². The van der Waals surface area contributed by atoms with E-state index in [1.54, 1.807) is 13.2 Å². The van der Waals surface area contributed by atoms with Crippen molar-refractivity contribution >= 4 is 23.3 Å². The molecule has 15 heavy (non-hydrogen) atoms. The fourth-order valence-corrected chi connectivity index (χ4v) is 1.49. The minimum absolute atomic E-state index is 0.756. The molecule has 3 nitrogen and oxygen atoms in total. The van der Waals surface area contributed by atoms with Crippen LogP contribution in [-0.4, -0.2) is 18.4 Å². The number of carbonyl (C=O) groups is 1. The third kappa shape index (κ3) is 1.91. The van der Waals surface area contributed by atoms with Crippen molar-refractivity contribution in [1.82, 2.24) is 4.98 Å². The highest BCUT2D eigenvalue weighted by molar-refractivity contribution is 5.85. The summed E-state index contributed by atoms with van der Waals surface area (Å²) in [6.07, 6.45) is 3.95. The molecule has 3 heteroatoms. The summed E-state index contributed by atoms with van der Waals surface area (Å²) in [7, 11) is 1.64. The topological polar surface area (TPSA) is 42.1 Å². The summed E-state index contributed by atoms with van der Waals surface area (Å²) in [6, 6.07) is 7.76. The first-order valence-corrected chi connectivity index (χ1v) is 4.62. The van der Waals surface area contributed by atoms with Gasteiger partial charge in [0.05, 0.1) is 7.11 Å². The third-order valence-electron chi connectivity index (χ3n) is 2.20. The number of allylic oxidation sites excluding steroid dienone is 1. The van der Waals surface area contributed by atoms with Crippen LogP contribution in [0, 0.1) is 0 Å². The fourth-order valence-electron chi connectivity index (χ4n) is 1.49. The molecule has 0 radical (unpaired) electrons. The molecule has 0 aliphatic carbocycles. The standard InChI is InChI=1S/C12H11NO2/c1-15-11-4-5-12-9(8-11)7-10(13-12)3-2-6-14/h2-8,13H,1H3/b3-2+. The largest absolute Gasteiger partial charge is 0.497 e. The molecule has 0 saturated carbocycles. The number of methoxy groups -OCH3 is 1. The van der Waals surface area contributed by atoms with Gasteiger partial charge in [-0.05, 0) is 36.4 Å². The molecule has 0 unspecified atom stereocenters. The molecule has 0 fully saturated rings. The van der Waals surface area contributed by atoms with E-state index in [1.807, 2.05) is 24.3 Å². The van der Waals surface area contributed by atoms with E-state index in [4.69, 9.17) is 4.74 Å². The van der Waals surface area contributed by atoms with Gasteiger partial charge in [0.15, 0.2) is 0 Å². The summed E-state index contributed by atoms with van der Waals surface area (Å²) in [5, 5.41) is 1.07. The molecule has 1 aromatic carbocycles. The lowest BCUT2D eigenvalue weighted by atomic mass is 10.2. The van der Waals surface area contributed by atoms with Gasteiger partial charge in [-0.25, -0.2) is 0 Å². The number of rotatable bonds is 3. The van der Waals surface area contributed by atoms with Gasteiger partial charge in [-0.15, -0.1) is 0 Å². The fraction of sp³-hybridized carbons (Fsp3) is 0.0833. The van der Waals surface area contributed by atoms with Gasteiger partial charge in [0.1, 0.15) is 12.0 Å². The van der Waals surface area contributed by atoms with Crippen molar-refractivity contribution in [3.05, 3.63) is 36.0 Å². The summed E-state index contributed by atoms with van der Waals surface area (Å²) in [5.74, 6) is 0.826. The van der Waals surface area contributed by atoms with Crippen LogP contribution in [0.3, 0.4) is 0 Å². The Labute approximate surface area is 87.4 Å². The zero-order valence-corrected chi connectivity index (χ0v) is 8.36. The van der Waals surface area contributed by atoms with Crippen molar-refractivity contribution in [3.63, 3.8) is 0 Å². The van der Waals surface area contributed by atoms with Gasteiger partial charge >= 0.3 is 0 Å². The summed E-state index contributed by atoms with van der Waals surface area (Å²) in [6.45, 7) is 0. The van der Waals surface area contributed by atoms with Crippen molar-refractivity contribution in [2.45, 2.75) is 0 Å². The van der Waals surface area contributed by atoms with Gasteiger partial charge in [-0.3, -0.25) is 4.79 Å².